The second-order valence-electron chi connectivity index (χ2n) is 22.3. The molecule has 9 rings (SSSR count). The molecule has 18 heteroatoms. The summed E-state index contributed by atoms with van der Waals surface area (Å²) >= 11 is 1.55. The standard InChI is InChI=1S/C65H79N7O10S/c1-8-70(50-22-26-80-27-23-50)56-32-49(31-54(43(56)6)61(74)67-36-55-41(4)30-42(5)69-62(55)75)45-18-20-52(21-19-45)81-29-28-79-24-12-9-13-25-82-58-33-46(60-44(7)68-39-83-60)16-17-47(58)35-66-63(76)57-34-51(73)38-71(57)65(78)59(40(2)3)72-37-48-14-10-11-15-53(48)64(72)77/h10-11,14-21,30-33,39-40,50-51,57,59,73H,8-9,12-13,22-29,34-38H2,1-7H3,(H,66,76)(H,67,74)(H,69,75)/t51-,57+,59+/m1/s1. The molecule has 2 saturated heterocycles. The first-order valence-corrected chi connectivity index (χ1v) is 30.1. The average Bonchev–Trinajstić information content (AvgIpc) is 3.33. The molecule has 2 aromatic heterocycles. The molecule has 0 bridgehead atoms. The largest absolute Gasteiger partial charge is 0.493 e. The second kappa shape index (κ2) is 27.8. The first kappa shape index (κ1) is 60.2. The number of H-pyrrole nitrogens is 1. The lowest BCUT2D eigenvalue weighted by Gasteiger charge is -2.37. The topological polar surface area (TPSA) is 205 Å². The van der Waals surface area contributed by atoms with E-state index in [1.165, 1.54) is 4.90 Å². The molecule has 0 radical (unpaired) electrons. The quantitative estimate of drug-likeness (QED) is 0.0396. The van der Waals surface area contributed by atoms with Gasteiger partial charge in [0.25, 0.3) is 17.4 Å². The van der Waals surface area contributed by atoms with Crippen molar-refractivity contribution in [3.05, 3.63) is 151 Å². The number of fused-ring (bicyclic) bond motifs is 1. The minimum absolute atomic E-state index is 0.00231. The second-order valence-corrected chi connectivity index (χ2v) is 23.2. The molecular formula is C65H79N7O10S. The number of aryl methyl sites for hydroxylation is 3. The Morgan fingerprint density at radius 1 is 0.855 bits per heavy atom. The van der Waals surface area contributed by atoms with E-state index >= 15 is 0 Å². The third-order valence-corrected chi connectivity index (χ3v) is 17.1. The number of thiazole rings is 1. The predicted octanol–water partition coefficient (Wildman–Crippen LogP) is 9.24. The molecule has 4 amide bonds. The van der Waals surface area contributed by atoms with Crippen molar-refractivity contribution in [3.63, 3.8) is 0 Å². The van der Waals surface area contributed by atoms with Gasteiger partial charge in [-0.25, -0.2) is 4.98 Å². The number of nitrogens with zero attached hydrogens (tertiary/aromatic N) is 4. The van der Waals surface area contributed by atoms with Gasteiger partial charge in [-0.3, -0.25) is 24.0 Å². The smallest absolute Gasteiger partial charge is 0.255 e. The molecule has 17 nitrogen and oxygen atoms in total. The highest BCUT2D eigenvalue weighted by molar-refractivity contribution is 7.13. The maximum Gasteiger partial charge on any atom is 0.255 e. The fourth-order valence-corrected chi connectivity index (χ4v) is 12.5. The molecule has 6 aromatic rings. The van der Waals surface area contributed by atoms with Crippen molar-refractivity contribution >= 4 is 40.7 Å². The lowest BCUT2D eigenvalue weighted by atomic mass is 9.95. The molecule has 0 spiro atoms. The molecule has 3 aliphatic heterocycles. The van der Waals surface area contributed by atoms with Crippen molar-refractivity contribution < 1.29 is 43.2 Å². The van der Waals surface area contributed by atoms with Gasteiger partial charge in [-0.1, -0.05) is 56.3 Å². The zero-order chi connectivity index (χ0) is 58.7. The van der Waals surface area contributed by atoms with Crippen LogP contribution in [0.15, 0.2) is 95.2 Å². The van der Waals surface area contributed by atoms with Crippen molar-refractivity contribution in [3.8, 4) is 33.1 Å². The van der Waals surface area contributed by atoms with E-state index in [0.29, 0.717) is 74.4 Å². The summed E-state index contributed by atoms with van der Waals surface area (Å²) < 4.78 is 24.2. The molecule has 5 heterocycles. The maximum absolute atomic E-state index is 14.3. The number of aromatic amines is 1. The number of nitrogens with one attached hydrogen (secondary N) is 3. The van der Waals surface area contributed by atoms with Crippen LogP contribution in [0.2, 0.25) is 0 Å². The molecule has 0 aliphatic carbocycles. The third-order valence-electron chi connectivity index (χ3n) is 16.2. The minimum atomic E-state index is -0.906. The van der Waals surface area contributed by atoms with E-state index in [4.69, 9.17) is 18.9 Å². The number of hydrogen-bond donors (Lipinski definition) is 4. The molecule has 2 fully saturated rings. The monoisotopic (exact) mass is 1150 g/mol. The minimum Gasteiger partial charge on any atom is -0.493 e. The molecule has 4 aromatic carbocycles. The van der Waals surface area contributed by atoms with Crippen LogP contribution in [0.25, 0.3) is 21.6 Å². The van der Waals surface area contributed by atoms with Gasteiger partial charge in [0.05, 0.1) is 35.4 Å². The van der Waals surface area contributed by atoms with Crippen molar-refractivity contribution in [2.45, 2.75) is 131 Å². The van der Waals surface area contributed by atoms with Gasteiger partial charge in [0.2, 0.25) is 11.8 Å². The summed E-state index contributed by atoms with van der Waals surface area (Å²) in [6.07, 6.45) is 3.48. The van der Waals surface area contributed by atoms with Crippen LogP contribution in [0.5, 0.6) is 11.5 Å². The van der Waals surface area contributed by atoms with E-state index in [0.717, 1.165) is 99.5 Å². The van der Waals surface area contributed by atoms with E-state index < -0.39 is 18.2 Å². The number of pyridine rings is 1. The molecule has 0 saturated carbocycles. The number of likely N-dealkylation sites (tertiary alicyclic amines) is 1. The molecule has 0 unspecified atom stereocenters. The van der Waals surface area contributed by atoms with Gasteiger partial charge in [-0.2, -0.15) is 0 Å². The van der Waals surface area contributed by atoms with Crippen LogP contribution >= 0.6 is 11.3 Å². The normalized spacial score (nSPS) is 16.5. The summed E-state index contributed by atoms with van der Waals surface area (Å²) in [5.41, 5.74) is 12.1. The molecule has 3 atom stereocenters. The number of rotatable bonds is 25. The number of aliphatic hydroxyl groups excluding tert-OH is 1. The Labute approximate surface area is 490 Å². The molecule has 83 heavy (non-hydrogen) atoms. The van der Waals surface area contributed by atoms with Crippen molar-refractivity contribution in [1.82, 2.24) is 30.4 Å². The number of hydrogen-bond acceptors (Lipinski definition) is 13. The number of benzene rings is 4. The Bertz CT molecular complexity index is 3320. The highest BCUT2D eigenvalue weighted by Gasteiger charge is 2.46. The number of carbonyl (C=O) groups excluding carboxylic acids is 4. The van der Waals surface area contributed by atoms with Gasteiger partial charge in [0.15, 0.2) is 0 Å². The predicted molar refractivity (Wildman–Crippen MR) is 322 cm³/mol. The van der Waals surface area contributed by atoms with Crippen LogP contribution in [-0.2, 0) is 38.7 Å². The fourth-order valence-electron chi connectivity index (χ4n) is 11.7. The van der Waals surface area contributed by atoms with Crippen LogP contribution in [-0.4, -0.2) is 125 Å². The highest BCUT2D eigenvalue weighted by atomic mass is 32.1. The van der Waals surface area contributed by atoms with Crippen molar-refractivity contribution in [1.29, 1.82) is 0 Å². The summed E-state index contributed by atoms with van der Waals surface area (Å²) in [6, 6.07) is 25.8. The van der Waals surface area contributed by atoms with E-state index in [1.807, 2.05) is 120 Å². The van der Waals surface area contributed by atoms with Crippen LogP contribution in [0.3, 0.4) is 0 Å². The maximum atomic E-state index is 14.3. The van der Waals surface area contributed by atoms with Crippen LogP contribution < -0.4 is 30.6 Å². The Balaban J connectivity index is 0.754. The Hall–Kier alpha value is -7.38. The number of amides is 4. The number of ether oxygens (including phenoxy) is 4. The highest BCUT2D eigenvalue weighted by Crippen LogP contribution is 2.36. The van der Waals surface area contributed by atoms with Crippen LogP contribution in [0.1, 0.15) is 119 Å². The average molecular weight is 1150 g/mol. The molecular weight excluding hydrogens is 1070 g/mol. The summed E-state index contributed by atoms with van der Waals surface area (Å²) in [5, 5.41) is 16.9. The molecule has 3 aliphatic rings. The number of anilines is 1. The van der Waals surface area contributed by atoms with E-state index in [-0.39, 0.29) is 67.2 Å². The van der Waals surface area contributed by atoms with Gasteiger partial charge < -0.3 is 54.4 Å². The van der Waals surface area contributed by atoms with Crippen molar-refractivity contribution in [2.75, 3.05) is 57.6 Å². The lowest BCUT2D eigenvalue weighted by molar-refractivity contribution is -0.143. The first-order valence-electron chi connectivity index (χ1n) is 29.2. The van der Waals surface area contributed by atoms with Crippen LogP contribution in [0, 0.1) is 33.6 Å². The summed E-state index contributed by atoms with van der Waals surface area (Å²) in [5.74, 6) is -0.0715. The lowest BCUT2D eigenvalue weighted by Crippen LogP contribution is -2.55. The SMILES string of the molecule is CCN(c1cc(-c2ccc(OCCOCCCCCOc3cc(-c4scnc4C)ccc3CNC(=O)[C@@H]3C[C@@H](O)CN3C(=O)[C@H](C(C)C)N3Cc4ccccc4C3=O)cc2)cc(C(=O)NCc2c(C)cc(C)[nH]c2=O)c1C)C1CCOCC1. The number of β-amino-alcohol motifs (C(OH)–C–C–N with tert-alkyl or cyclic N) is 1. The summed E-state index contributed by atoms with van der Waals surface area (Å²) in [7, 11) is 0. The van der Waals surface area contributed by atoms with E-state index in [9.17, 15) is 29.1 Å². The van der Waals surface area contributed by atoms with E-state index in [1.54, 1.807) is 22.3 Å². The van der Waals surface area contributed by atoms with Gasteiger partial charge in [-0.15, -0.1) is 11.3 Å². The van der Waals surface area contributed by atoms with Gasteiger partial charge in [0, 0.05) is 98.6 Å². The first-order chi connectivity index (χ1) is 40.1. The van der Waals surface area contributed by atoms with Crippen LogP contribution in [0.4, 0.5) is 5.69 Å². The van der Waals surface area contributed by atoms with Gasteiger partial charge in [0.1, 0.15) is 30.2 Å². The zero-order valence-electron chi connectivity index (χ0n) is 48.9. The van der Waals surface area contributed by atoms with Gasteiger partial charge in [-0.05, 0) is 148 Å². The molecule has 4 N–H and O–H groups in total. The Kier molecular flexibility index (Phi) is 20.2. The Morgan fingerprint density at radius 2 is 1.61 bits per heavy atom. The fraction of sp³-hybridized carbons (Fsp3) is 0.446. The third kappa shape index (κ3) is 14.3. The van der Waals surface area contributed by atoms with E-state index in [2.05, 4.69) is 38.5 Å². The van der Waals surface area contributed by atoms with Gasteiger partial charge >= 0.3 is 0 Å². The van der Waals surface area contributed by atoms with Crippen molar-refractivity contribution in [2.24, 2.45) is 5.92 Å². The number of aliphatic hydroxyl groups is 1. The number of carbonyl (C=O) groups is 4. The summed E-state index contributed by atoms with van der Waals surface area (Å²) in [6.45, 7) is 18.2. The zero-order valence-corrected chi connectivity index (χ0v) is 49.7. The summed E-state index contributed by atoms with van der Waals surface area (Å²) in [4.78, 5) is 82.4. The number of unbranched alkanes of at least 4 members (excludes halogenated alkanes) is 2. The Morgan fingerprint density at radius 3 is 2.34 bits per heavy atom. The molecule has 440 valence electrons. The number of aromatic nitrogens is 2.